The lowest BCUT2D eigenvalue weighted by molar-refractivity contribution is 0.363. The molecule has 0 aliphatic carbocycles. The average Bonchev–Trinajstić information content (AvgIpc) is 2.39. The largest absolute Gasteiger partial charge is 0.329 e. The first kappa shape index (κ1) is 19.7. The van der Waals surface area contributed by atoms with E-state index in [-0.39, 0.29) is 23.8 Å². The molecule has 1 aromatic carbocycles. The molecule has 0 bridgehead atoms. The number of hydrogen-bond acceptors (Lipinski definition) is 3. The number of nitrogens with one attached hydrogen (secondary N) is 1. The molecule has 0 atom stereocenters. The zero-order valence-electron chi connectivity index (χ0n) is 11.9. The molecular formula is C13H22Cl2N2O2S. The van der Waals surface area contributed by atoms with Crippen LogP contribution in [0.15, 0.2) is 23.1 Å². The van der Waals surface area contributed by atoms with Crippen molar-refractivity contribution in [2.24, 2.45) is 5.73 Å². The number of nitrogens with two attached hydrogens (primary N) is 1. The molecule has 0 amide bonds. The van der Waals surface area contributed by atoms with Gasteiger partial charge in [0.15, 0.2) is 0 Å². The predicted octanol–water partition coefficient (Wildman–Crippen LogP) is 2.87. The highest BCUT2D eigenvalue weighted by atomic mass is 35.5. The summed E-state index contributed by atoms with van der Waals surface area (Å²) >= 11 is 5.98. The monoisotopic (exact) mass is 340 g/mol. The molecule has 0 heterocycles. The summed E-state index contributed by atoms with van der Waals surface area (Å²) in [5, 5.41) is 0.439. The molecular weight excluding hydrogens is 319 g/mol. The third-order valence-corrected chi connectivity index (χ3v) is 5.53. The van der Waals surface area contributed by atoms with Crippen molar-refractivity contribution in [2.75, 3.05) is 6.54 Å². The first-order valence-corrected chi connectivity index (χ1v) is 8.16. The van der Waals surface area contributed by atoms with E-state index in [1.165, 1.54) is 6.07 Å². The molecule has 7 heteroatoms. The first-order chi connectivity index (χ1) is 8.80. The van der Waals surface area contributed by atoms with E-state index in [1.807, 2.05) is 20.8 Å². The van der Waals surface area contributed by atoms with Gasteiger partial charge in [-0.05, 0) is 37.5 Å². The molecule has 0 aliphatic heterocycles. The second kappa shape index (κ2) is 7.61. The van der Waals surface area contributed by atoms with Gasteiger partial charge in [-0.1, -0.05) is 31.5 Å². The Morgan fingerprint density at radius 3 is 2.25 bits per heavy atom. The molecule has 0 spiro atoms. The summed E-state index contributed by atoms with van der Waals surface area (Å²) in [6.07, 6.45) is 1.28. The van der Waals surface area contributed by atoms with Crippen LogP contribution in [0, 0.1) is 6.92 Å². The van der Waals surface area contributed by atoms with E-state index in [4.69, 9.17) is 17.3 Å². The van der Waals surface area contributed by atoms with Gasteiger partial charge >= 0.3 is 0 Å². The van der Waals surface area contributed by atoms with Crippen molar-refractivity contribution in [2.45, 2.75) is 44.0 Å². The van der Waals surface area contributed by atoms with Gasteiger partial charge in [-0.2, -0.15) is 0 Å². The van der Waals surface area contributed by atoms with Gasteiger partial charge in [0, 0.05) is 17.1 Å². The lowest BCUT2D eigenvalue weighted by Crippen LogP contribution is -2.52. The van der Waals surface area contributed by atoms with Gasteiger partial charge in [-0.25, -0.2) is 13.1 Å². The van der Waals surface area contributed by atoms with Crippen molar-refractivity contribution in [1.29, 1.82) is 0 Å². The average molecular weight is 341 g/mol. The molecule has 0 saturated heterocycles. The number of aryl methyl sites for hydroxylation is 1. The minimum Gasteiger partial charge on any atom is -0.329 e. The molecule has 0 aliphatic rings. The van der Waals surface area contributed by atoms with Crippen LogP contribution >= 0.6 is 24.0 Å². The van der Waals surface area contributed by atoms with E-state index < -0.39 is 15.6 Å². The summed E-state index contributed by atoms with van der Waals surface area (Å²) in [7, 11) is -3.61. The predicted molar refractivity (Wildman–Crippen MR) is 86.1 cm³/mol. The summed E-state index contributed by atoms with van der Waals surface area (Å²) < 4.78 is 27.4. The van der Waals surface area contributed by atoms with Crippen molar-refractivity contribution < 1.29 is 8.42 Å². The van der Waals surface area contributed by atoms with Crippen molar-refractivity contribution in [3.05, 3.63) is 28.8 Å². The summed E-state index contributed by atoms with van der Waals surface area (Å²) in [5.74, 6) is 0. The summed E-state index contributed by atoms with van der Waals surface area (Å²) in [5.41, 5.74) is 5.96. The molecule has 0 saturated carbocycles. The van der Waals surface area contributed by atoms with E-state index in [2.05, 4.69) is 4.72 Å². The van der Waals surface area contributed by atoms with Crippen LogP contribution in [-0.4, -0.2) is 20.5 Å². The Morgan fingerprint density at radius 2 is 1.85 bits per heavy atom. The van der Waals surface area contributed by atoms with Crippen molar-refractivity contribution in [1.82, 2.24) is 4.72 Å². The molecule has 1 rings (SSSR count). The molecule has 0 unspecified atom stereocenters. The minimum atomic E-state index is -3.61. The standard InChI is InChI=1S/C13H21ClN2O2S.ClH/c1-4-13(5-2,9-15)16-19(17,18)11-7-6-10(3)12(14)8-11;/h6-8,16H,4-5,9,15H2,1-3H3;1H. The molecule has 20 heavy (non-hydrogen) atoms. The van der Waals surface area contributed by atoms with E-state index >= 15 is 0 Å². The van der Waals surface area contributed by atoms with Crippen LogP contribution in [0.1, 0.15) is 32.3 Å². The van der Waals surface area contributed by atoms with Gasteiger partial charge in [0.2, 0.25) is 10.0 Å². The maximum absolute atomic E-state index is 12.4. The van der Waals surface area contributed by atoms with Gasteiger partial charge in [0.1, 0.15) is 0 Å². The number of hydrogen-bond donors (Lipinski definition) is 2. The van der Waals surface area contributed by atoms with Gasteiger partial charge in [-0.3, -0.25) is 0 Å². The van der Waals surface area contributed by atoms with Gasteiger partial charge < -0.3 is 5.73 Å². The van der Waals surface area contributed by atoms with Crippen LogP contribution in [0.3, 0.4) is 0 Å². The summed E-state index contributed by atoms with van der Waals surface area (Å²) in [6, 6.07) is 4.71. The molecule has 1 aromatic rings. The fourth-order valence-corrected chi connectivity index (χ4v) is 3.63. The van der Waals surface area contributed by atoms with Crippen LogP contribution in [0.4, 0.5) is 0 Å². The molecule has 0 aromatic heterocycles. The fraction of sp³-hybridized carbons (Fsp3) is 0.538. The lowest BCUT2D eigenvalue weighted by atomic mass is 9.95. The van der Waals surface area contributed by atoms with Gasteiger partial charge in [-0.15, -0.1) is 12.4 Å². The SMILES string of the molecule is CCC(CC)(CN)NS(=O)(=O)c1ccc(C)c(Cl)c1.Cl. The zero-order valence-corrected chi connectivity index (χ0v) is 14.3. The smallest absolute Gasteiger partial charge is 0.241 e. The highest BCUT2D eigenvalue weighted by molar-refractivity contribution is 7.89. The minimum absolute atomic E-state index is 0. The highest BCUT2D eigenvalue weighted by Crippen LogP contribution is 2.23. The van der Waals surface area contributed by atoms with Crippen LogP contribution < -0.4 is 10.5 Å². The quantitative estimate of drug-likeness (QED) is 0.836. The number of sulfonamides is 1. The maximum atomic E-state index is 12.4. The lowest BCUT2D eigenvalue weighted by Gasteiger charge is -2.31. The molecule has 3 N–H and O–H groups in total. The Balaban J connectivity index is 0.00000361. The van der Waals surface area contributed by atoms with Gasteiger partial charge in [0.05, 0.1) is 4.90 Å². The third kappa shape index (κ3) is 4.33. The van der Waals surface area contributed by atoms with Crippen LogP contribution in [-0.2, 0) is 10.0 Å². The van der Waals surface area contributed by atoms with E-state index in [0.29, 0.717) is 17.9 Å². The zero-order chi connectivity index (χ0) is 14.7. The topological polar surface area (TPSA) is 72.2 Å². The number of benzene rings is 1. The second-order valence-electron chi connectivity index (χ2n) is 4.71. The van der Waals surface area contributed by atoms with Crippen LogP contribution in [0.25, 0.3) is 0 Å². The molecule has 116 valence electrons. The van der Waals surface area contributed by atoms with E-state index in [9.17, 15) is 8.42 Å². The van der Waals surface area contributed by atoms with Crippen molar-refractivity contribution in [3.8, 4) is 0 Å². The van der Waals surface area contributed by atoms with E-state index in [0.717, 1.165) is 5.56 Å². The van der Waals surface area contributed by atoms with Gasteiger partial charge in [0.25, 0.3) is 0 Å². The van der Waals surface area contributed by atoms with Crippen LogP contribution in [0.2, 0.25) is 5.02 Å². The third-order valence-electron chi connectivity index (χ3n) is 3.55. The normalized spacial score (nSPS) is 12.1. The highest BCUT2D eigenvalue weighted by Gasteiger charge is 2.30. The van der Waals surface area contributed by atoms with Crippen molar-refractivity contribution >= 4 is 34.0 Å². The second-order valence-corrected chi connectivity index (χ2v) is 6.80. The number of rotatable bonds is 6. The Bertz CT molecular complexity index is 535. The Labute approximate surface area is 132 Å². The molecule has 0 fully saturated rings. The Morgan fingerprint density at radius 1 is 1.30 bits per heavy atom. The summed E-state index contributed by atoms with van der Waals surface area (Å²) in [4.78, 5) is 0.169. The molecule has 0 radical (unpaired) electrons. The van der Waals surface area contributed by atoms with Crippen LogP contribution in [0.5, 0.6) is 0 Å². The van der Waals surface area contributed by atoms with Crippen molar-refractivity contribution in [3.63, 3.8) is 0 Å². The maximum Gasteiger partial charge on any atom is 0.241 e. The Kier molecular flexibility index (Phi) is 7.49. The first-order valence-electron chi connectivity index (χ1n) is 6.30. The summed E-state index contributed by atoms with van der Waals surface area (Å²) in [6.45, 7) is 5.93. The number of halogens is 2. The fourth-order valence-electron chi connectivity index (χ4n) is 1.81. The Hall–Kier alpha value is -0.330. The molecule has 4 nitrogen and oxygen atoms in total. The van der Waals surface area contributed by atoms with E-state index in [1.54, 1.807) is 12.1 Å².